The van der Waals surface area contributed by atoms with Crippen molar-refractivity contribution in [1.82, 2.24) is 0 Å². The van der Waals surface area contributed by atoms with Crippen LogP contribution in [0, 0.1) is 10.8 Å². The highest BCUT2D eigenvalue weighted by molar-refractivity contribution is 5.90. The molecule has 0 radical (unpaired) electrons. The first-order valence-corrected chi connectivity index (χ1v) is 5.10. The van der Waals surface area contributed by atoms with Gasteiger partial charge in [-0.3, -0.25) is 0 Å². The highest BCUT2D eigenvalue weighted by Gasteiger charge is 2.51. The van der Waals surface area contributed by atoms with Gasteiger partial charge in [-0.05, 0) is 30.1 Å². The highest BCUT2D eigenvalue weighted by atomic mass is 16.4. The summed E-state index contributed by atoms with van der Waals surface area (Å²) in [5.41, 5.74) is 1.02. The largest absolute Gasteiger partial charge is 0.478 e. The van der Waals surface area contributed by atoms with Gasteiger partial charge in [-0.25, -0.2) is 4.79 Å². The Hall–Kier alpha value is -1.05. The predicted molar refractivity (Wildman–Crippen MR) is 54.9 cm³/mol. The van der Waals surface area contributed by atoms with E-state index >= 15 is 0 Å². The Morgan fingerprint density at radius 3 is 2.43 bits per heavy atom. The van der Waals surface area contributed by atoms with Crippen LogP contribution < -0.4 is 0 Å². The van der Waals surface area contributed by atoms with Crippen LogP contribution in [0.2, 0.25) is 0 Å². The van der Waals surface area contributed by atoms with Crippen molar-refractivity contribution >= 4 is 5.97 Å². The molecule has 1 N–H and O–H groups in total. The third-order valence-corrected chi connectivity index (χ3v) is 4.00. The smallest absolute Gasteiger partial charge is 0.335 e. The molecule has 0 heterocycles. The maximum absolute atomic E-state index is 10.7. The van der Waals surface area contributed by atoms with Crippen molar-refractivity contribution in [2.45, 2.75) is 33.1 Å². The highest BCUT2D eigenvalue weighted by Crippen LogP contribution is 2.61. The Morgan fingerprint density at radius 2 is 2.07 bits per heavy atom. The lowest BCUT2D eigenvalue weighted by Gasteiger charge is -2.34. The molecule has 1 atom stereocenters. The van der Waals surface area contributed by atoms with Gasteiger partial charge in [-0.1, -0.05) is 32.1 Å². The fourth-order valence-corrected chi connectivity index (χ4v) is 2.10. The van der Waals surface area contributed by atoms with Crippen molar-refractivity contribution in [1.29, 1.82) is 0 Å². The number of aliphatic carboxylic acids is 1. The summed E-state index contributed by atoms with van der Waals surface area (Å²) >= 11 is 0. The summed E-state index contributed by atoms with van der Waals surface area (Å²) in [7, 11) is 0. The SMILES string of the molecule is CC1(C2(C)CC2)C=CC(C(=O)O)=CC1. The molecule has 76 valence electrons. The Labute approximate surface area is 84.3 Å². The fraction of sp³-hybridized carbons (Fsp3) is 0.583. The molecule has 0 bridgehead atoms. The molecule has 0 aromatic heterocycles. The van der Waals surface area contributed by atoms with Gasteiger partial charge in [-0.2, -0.15) is 0 Å². The van der Waals surface area contributed by atoms with Crippen LogP contribution in [-0.4, -0.2) is 11.1 Å². The zero-order chi connectivity index (χ0) is 10.4. The van der Waals surface area contributed by atoms with Crippen LogP contribution in [0.15, 0.2) is 23.8 Å². The van der Waals surface area contributed by atoms with Crippen LogP contribution in [0.5, 0.6) is 0 Å². The average Bonchev–Trinajstić information content (AvgIpc) is 2.86. The van der Waals surface area contributed by atoms with Crippen molar-refractivity contribution in [3.8, 4) is 0 Å². The van der Waals surface area contributed by atoms with Crippen molar-refractivity contribution in [3.63, 3.8) is 0 Å². The van der Waals surface area contributed by atoms with Gasteiger partial charge in [0.15, 0.2) is 0 Å². The molecule has 0 amide bonds. The summed E-state index contributed by atoms with van der Waals surface area (Å²) in [6, 6.07) is 0. The van der Waals surface area contributed by atoms with Gasteiger partial charge < -0.3 is 5.11 Å². The number of carbonyl (C=O) groups is 1. The minimum Gasteiger partial charge on any atom is -0.478 e. The summed E-state index contributed by atoms with van der Waals surface area (Å²) in [6.07, 6.45) is 9.10. The van der Waals surface area contributed by atoms with Crippen molar-refractivity contribution in [2.75, 3.05) is 0 Å². The Morgan fingerprint density at radius 1 is 1.43 bits per heavy atom. The predicted octanol–water partition coefficient (Wildman–Crippen LogP) is 2.76. The molecule has 0 spiro atoms. The van der Waals surface area contributed by atoms with Crippen molar-refractivity contribution < 1.29 is 9.90 Å². The molecule has 1 unspecified atom stereocenters. The van der Waals surface area contributed by atoms with Gasteiger partial charge in [0.05, 0.1) is 5.57 Å². The molecule has 0 aromatic rings. The van der Waals surface area contributed by atoms with Gasteiger partial charge in [0, 0.05) is 0 Å². The molecule has 2 nitrogen and oxygen atoms in total. The lowest BCUT2D eigenvalue weighted by molar-refractivity contribution is -0.132. The van der Waals surface area contributed by atoms with E-state index in [0.29, 0.717) is 11.0 Å². The number of hydrogen-bond donors (Lipinski definition) is 1. The summed E-state index contributed by atoms with van der Waals surface area (Å²) in [6.45, 7) is 4.52. The molecule has 2 aliphatic rings. The normalized spacial score (nSPS) is 33.7. The number of allylic oxidation sites excluding steroid dienone is 2. The Bertz CT molecular complexity index is 334. The molecule has 2 aliphatic carbocycles. The molecule has 0 aliphatic heterocycles. The lowest BCUT2D eigenvalue weighted by atomic mass is 9.70. The van der Waals surface area contributed by atoms with Crippen LogP contribution >= 0.6 is 0 Å². The molecule has 2 heteroatoms. The van der Waals surface area contributed by atoms with Gasteiger partial charge in [-0.15, -0.1) is 0 Å². The second kappa shape index (κ2) is 2.72. The maximum atomic E-state index is 10.7. The zero-order valence-electron chi connectivity index (χ0n) is 8.71. The first kappa shape index (κ1) is 9.50. The third-order valence-electron chi connectivity index (χ3n) is 4.00. The monoisotopic (exact) mass is 192 g/mol. The quantitative estimate of drug-likeness (QED) is 0.730. The maximum Gasteiger partial charge on any atom is 0.335 e. The molecule has 1 saturated carbocycles. The second-order valence-corrected chi connectivity index (χ2v) is 4.98. The molecular weight excluding hydrogens is 176 g/mol. The number of carboxylic acids is 1. The number of carboxylic acid groups (broad SMARTS) is 1. The van der Waals surface area contributed by atoms with Crippen LogP contribution in [-0.2, 0) is 4.79 Å². The van der Waals surface area contributed by atoms with E-state index in [1.807, 2.05) is 6.08 Å². The van der Waals surface area contributed by atoms with E-state index in [1.165, 1.54) is 12.8 Å². The van der Waals surface area contributed by atoms with Gasteiger partial charge in [0.1, 0.15) is 0 Å². The second-order valence-electron chi connectivity index (χ2n) is 4.98. The minimum absolute atomic E-state index is 0.173. The van der Waals surface area contributed by atoms with E-state index in [4.69, 9.17) is 5.11 Å². The average molecular weight is 192 g/mol. The van der Waals surface area contributed by atoms with Gasteiger partial charge in [0.2, 0.25) is 0 Å². The summed E-state index contributed by atoms with van der Waals surface area (Å²) in [4.78, 5) is 10.7. The van der Waals surface area contributed by atoms with Crippen LogP contribution in [0.3, 0.4) is 0 Å². The van der Waals surface area contributed by atoms with E-state index in [-0.39, 0.29) is 5.41 Å². The van der Waals surface area contributed by atoms with E-state index in [1.54, 1.807) is 6.08 Å². The molecule has 0 aromatic carbocycles. The van der Waals surface area contributed by atoms with Crippen molar-refractivity contribution in [2.24, 2.45) is 10.8 Å². The van der Waals surface area contributed by atoms with Crippen LogP contribution in [0.4, 0.5) is 0 Å². The molecule has 14 heavy (non-hydrogen) atoms. The van der Waals surface area contributed by atoms with Crippen LogP contribution in [0.25, 0.3) is 0 Å². The fourth-order valence-electron chi connectivity index (χ4n) is 2.10. The molecule has 1 fully saturated rings. The topological polar surface area (TPSA) is 37.3 Å². The molecule has 0 saturated heterocycles. The number of rotatable bonds is 2. The van der Waals surface area contributed by atoms with E-state index < -0.39 is 5.97 Å². The van der Waals surface area contributed by atoms with Gasteiger partial charge in [0.25, 0.3) is 0 Å². The lowest BCUT2D eigenvalue weighted by Crippen LogP contribution is -2.26. The first-order chi connectivity index (χ1) is 6.47. The Kier molecular flexibility index (Phi) is 1.85. The molecular formula is C12H16O2. The minimum atomic E-state index is -0.816. The standard InChI is InChI=1S/C12H16O2/c1-11(12(2)7-8-12)5-3-9(4-6-11)10(13)14/h3-5H,6-8H2,1-2H3,(H,13,14). The van der Waals surface area contributed by atoms with Gasteiger partial charge >= 0.3 is 5.97 Å². The first-order valence-electron chi connectivity index (χ1n) is 5.10. The number of hydrogen-bond acceptors (Lipinski definition) is 1. The van der Waals surface area contributed by atoms with E-state index in [0.717, 1.165) is 6.42 Å². The van der Waals surface area contributed by atoms with E-state index in [2.05, 4.69) is 19.9 Å². The van der Waals surface area contributed by atoms with Crippen molar-refractivity contribution in [3.05, 3.63) is 23.8 Å². The van der Waals surface area contributed by atoms with E-state index in [9.17, 15) is 4.79 Å². The summed E-state index contributed by atoms with van der Waals surface area (Å²) in [5, 5.41) is 8.81. The summed E-state index contributed by atoms with van der Waals surface area (Å²) < 4.78 is 0. The zero-order valence-corrected chi connectivity index (χ0v) is 8.71. The Balaban J connectivity index is 2.17. The van der Waals surface area contributed by atoms with Crippen LogP contribution in [0.1, 0.15) is 33.1 Å². The third kappa shape index (κ3) is 1.29. The molecule has 2 rings (SSSR count). The summed E-state index contributed by atoms with van der Waals surface area (Å²) in [5.74, 6) is -0.816.